The van der Waals surface area contributed by atoms with Crippen LogP contribution in [0.5, 0.6) is 5.75 Å². The molecule has 5 nitrogen and oxygen atoms in total. The van der Waals surface area contributed by atoms with Gasteiger partial charge in [-0.25, -0.2) is 4.79 Å². The third kappa shape index (κ3) is 3.49. The topological polar surface area (TPSA) is 53.3 Å². The van der Waals surface area contributed by atoms with Gasteiger partial charge >= 0.3 is 5.97 Å². The second-order valence-electron chi connectivity index (χ2n) is 4.19. The number of aromatic nitrogens is 2. The molecule has 2 aromatic rings. The van der Waals surface area contributed by atoms with E-state index in [1.807, 2.05) is 0 Å². The van der Waals surface area contributed by atoms with Crippen molar-refractivity contribution in [2.45, 2.75) is 13.5 Å². The van der Waals surface area contributed by atoms with Crippen LogP contribution in [0.3, 0.4) is 0 Å². The Morgan fingerprint density at radius 3 is 2.86 bits per heavy atom. The van der Waals surface area contributed by atoms with Gasteiger partial charge in [0.05, 0.1) is 23.5 Å². The fourth-order valence-corrected chi connectivity index (χ4v) is 2.10. The van der Waals surface area contributed by atoms with Crippen LogP contribution < -0.4 is 4.74 Å². The van der Waals surface area contributed by atoms with Gasteiger partial charge in [-0.2, -0.15) is 5.10 Å². The van der Waals surface area contributed by atoms with Crippen LogP contribution in [0.2, 0.25) is 10.0 Å². The van der Waals surface area contributed by atoms with E-state index in [-0.39, 0.29) is 6.61 Å². The van der Waals surface area contributed by atoms with Crippen LogP contribution in [0.1, 0.15) is 23.0 Å². The Hall–Kier alpha value is -1.72. The summed E-state index contributed by atoms with van der Waals surface area (Å²) < 4.78 is 12.2. The molecule has 0 amide bonds. The second kappa shape index (κ2) is 6.83. The van der Waals surface area contributed by atoms with E-state index in [9.17, 15) is 4.79 Å². The van der Waals surface area contributed by atoms with Gasteiger partial charge in [-0.1, -0.05) is 29.3 Å². The molecule has 1 aromatic heterocycles. The molecule has 0 unspecified atom stereocenters. The Labute approximate surface area is 132 Å². The Morgan fingerprint density at radius 1 is 1.38 bits per heavy atom. The molecular formula is C14H14Cl2N2O3. The minimum Gasteiger partial charge on any atom is -0.486 e. The quantitative estimate of drug-likeness (QED) is 0.788. The number of carbonyl (C=O) groups excluding carboxylic acids is 1. The van der Waals surface area contributed by atoms with Crippen LogP contribution in [0.4, 0.5) is 0 Å². The lowest BCUT2D eigenvalue weighted by Crippen LogP contribution is -2.11. The molecule has 0 spiro atoms. The van der Waals surface area contributed by atoms with Gasteiger partial charge in [-0.3, -0.25) is 4.68 Å². The van der Waals surface area contributed by atoms with Gasteiger partial charge in [0.25, 0.3) is 0 Å². The maximum absolute atomic E-state index is 11.8. The van der Waals surface area contributed by atoms with Gasteiger partial charge < -0.3 is 9.47 Å². The molecule has 0 saturated heterocycles. The van der Waals surface area contributed by atoms with Crippen molar-refractivity contribution >= 4 is 29.2 Å². The molecule has 112 valence electrons. The molecular weight excluding hydrogens is 315 g/mol. The van der Waals surface area contributed by atoms with E-state index in [2.05, 4.69) is 5.10 Å². The van der Waals surface area contributed by atoms with Crippen LogP contribution in [0.15, 0.2) is 24.4 Å². The molecule has 0 saturated carbocycles. The minimum absolute atomic E-state index is 0.130. The third-order valence-electron chi connectivity index (χ3n) is 2.84. The summed E-state index contributed by atoms with van der Waals surface area (Å²) in [6.07, 6.45) is 1.45. The third-order valence-corrected chi connectivity index (χ3v) is 3.64. The van der Waals surface area contributed by atoms with Gasteiger partial charge in [0.15, 0.2) is 0 Å². The van der Waals surface area contributed by atoms with E-state index in [1.165, 1.54) is 6.20 Å². The highest BCUT2D eigenvalue weighted by Crippen LogP contribution is 2.32. The number of halogens is 2. The molecule has 0 aliphatic heterocycles. The zero-order valence-corrected chi connectivity index (χ0v) is 13.1. The van der Waals surface area contributed by atoms with Gasteiger partial charge in [-0.15, -0.1) is 0 Å². The summed E-state index contributed by atoms with van der Waals surface area (Å²) in [4.78, 5) is 11.8. The monoisotopic (exact) mass is 328 g/mol. The van der Waals surface area contributed by atoms with E-state index in [0.29, 0.717) is 33.7 Å². The van der Waals surface area contributed by atoms with Crippen molar-refractivity contribution in [1.29, 1.82) is 0 Å². The van der Waals surface area contributed by atoms with Gasteiger partial charge in [0.1, 0.15) is 22.9 Å². The molecule has 2 rings (SSSR count). The number of benzene rings is 1. The lowest BCUT2D eigenvalue weighted by molar-refractivity contribution is 0.0523. The highest BCUT2D eigenvalue weighted by Gasteiger charge is 2.18. The normalized spacial score (nSPS) is 10.5. The van der Waals surface area contributed by atoms with Gasteiger partial charge in [0.2, 0.25) is 0 Å². The Morgan fingerprint density at radius 2 is 2.14 bits per heavy atom. The average molecular weight is 329 g/mol. The van der Waals surface area contributed by atoms with Crippen LogP contribution in [0, 0.1) is 0 Å². The molecule has 1 heterocycles. The molecule has 21 heavy (non-hydrogen) atoms. The number of ether oxygens (including phenoxy) is 2. The summed E-state index contributed by atoms with van der Waals surface area (Å²) in [7, 11) is 1.72. The summed E-state index contributed by atoms with van der Waals surface area (Å²) in [6, 6.07) is 5.11. The standard InChI is InChI=1S/C14H14Cl2N2O3/c1-3-20-14(19)9-7-17-18(2)11(9)8-21-12-6-4-5-10(15)13(12)16/h4-7H,3,8H2,1-2H3. The zero-order valence-electron chi connectivity index (χ0n) is 11.6. The predicted octanol–water partition coefficient (Wildman–Crippen LogP) is 3.48. The number of carbonyl (C=O) groups is 1. The number of rotatable bonds is 5. The Bertz CT molecular complexity index is 656. The van der Waals surface area contributed by atoms with Crippen LogP contribution in [-0.4, -0.2) is 22.4 Å². The lowest BCUT2D eigenvalue weighted by atomic mass is 10.2. The van der Waals surface area contributed by atoms with E-state index >= 15 is 0 Å². The minimum atomic E-state index is -0.429. The van der Waals surface area contributed by atoms with E-state index in [0.717, 1.165) is 0 Å². The van der Waals surface area contributed by atoms with Gasteiger partial charge in [-0.05, 0) is 19.1 Å². The van der Waals surface area contributed by atoms with Crippen LogP contribution >= 0.6 is 23.2 Å². The van der Waals surface area contributed by atoms with Crippen LogP contribution in [-0.2, 0) is 18.4 Å². The number of hydrogen-bond donors (Lipinski definition) is 0. The molecule has 0 N–H and O–H groups in total. The number of aryl methyl sites for hydroxylation is 1. The van der Waals surface area contributed by atoms with Crippen molar-refractivity contribution in [3.05, 3.63) is 45.7 Å². The highest BCUT2D eigenvalue weighted by molar-refractivity contribution is 6.42. The molecule has 0 bridgehead atoms. The molecule has 0 aliphatic carbocycles. The average Bonchev–Trinajstić information content (AvgIpc) is 2.82. The van der Waals surface area contributed by atoms with Crippen molar-refractivity contribution < 1.29 is 14.3 Å². The van der Waals surface area contributed by atoms with Crippen molar-refractivity contribution in [3.63, 3.8) is 0 Å². The van der Waals surface area contributed by atoms with Crippen molar-refractivity contribution in [2.24, 2.45) is 7.05 Å². The summed E-state index contributed by atoms with van der Waals surface area (Å²) in [5.41, 5.74) is 0.974. The van der Waals surface area contributed by atoms with E-state index in [4.69, 9.17) is 32.7 Å². The predicted molar refractivity (Wildman–Crippen MR) is 80.0 cm³/mol. The second-order valence-corrected chi connectivity index (χ2v) is 4.97. The SMILES string of the molecule is CCOC(=O)c1cnn(C)c1COc1cccc(Cl)c1Cl. The molecule has 0 radical (unpaired) electrons. The molecule has 1 aromatic carbocycles. The smallest absolute Gasteiger partial charge is 0.341 e. The maximum atomic E-state index is 11.8. The maximum Gasteiger partial charge on any atom is 0.341 e. The lowest BCUT2D eigenvalue weighted by Gasteiger charge is -2.10. The van der Waals surface area contributed by atoms with Crippen molar-refractivity contribution in [2.75, 3.05) is 6.61 Å². The number of hydrogen-bond acceptors (Lipinski definition) is 4. The largest absolute Gasteiger partial charge is 0.486 e. The fraction of sp³-hybridized carbons (Fsp3) is 0.286. The first-order valence-electron chi connectivity index (χ1n) is 6.29. The number of esters is 1. The Balaban J connectivity index is 2.18. The summed E-state index contributed by atoms with van der Waals surface area (Å²) >= 11 is 12.0. The zero-order chi connectivity index (χ0) is 15.4. The summed E-state index contributed by atoms with van der Waals surface area (Å²) in [5, 5.41) is 4.79. The summed E-state index contributed by atoms with van der Waals surface area (Å²) in [5.74, 6) is 0.0153. The molecule has 0 aliphatic rings. The fourth-order valence-electron chi connectivity index (χ4n) is 1.75. The number of nitrogens with zero attached hydrogens (tertiary/aromatic N) is 2. The first-order chi connectivity index (χ1) is 10.0. The van der Waals surface area contributed by atoms with Crippen molar-refractivity contribution in [3.8, 4) is 5.75 Å². The van der Waals surface area contributed by atoms with Gasteiger partial charge in [0, 0.05) is 7.05 Å². The highest BCUT2D eigenvalue weighted by atomic mass is 35.5. The first-order valence-corrected chi connectivity index (χ1v) is 7.05. The summed E-state index contributed by atoms with van der Waals surface area (Å²) in [6.45, 7) is 2.18. The van der Waals surface area contributed by atoms with Crippen molar-refractivity contribution in [1.82, 2.24) is 9.78 Å². The first kappa shape index (κ1) is 15.7. The molecule has 0 fully saturated rings. The molecule has 7 heteroatoms. The van der Waals surface area contributed by atoms with Crippen LogP contribution in [0.25, 0.3) is 0 Å². The molecule has 0 atom stereocenters. The Kier molecular flexibility index (Phi) is 5.09. The van der Waals surface area contributed by atoms with E-state index in [1.54, 1.807) is 36.9 Å². The van der Waals surface area contributed by atoms with E-state index < -0.39 is 5.97 Å².